The van der Waals surface area contributed by atoms with Gasteiger partial charge in [0.25, 0.3) is 0 Å². The molecule has 114 valence electrons. The molecule has 1 saturated carbocycles. The van der Waals surface area contributed by atoms with E-state index in [1.807, 2.05) is 0 Å². The minimum absolute atomic E-state index is 0.154. The van der Waals surface area contributed by atoms with Crippen LogP contribution in [-0.2, 0) is 6.42 Å². The maximum atomic E-state index is 6.17. The first kappa shape index (κ1) is 15.4. The average Bonchev–Trinajstić information content (AvgIpc) is 2.94. The van der Waals surface area contributed by atoms with Crippen molar-refractivity contribution in [3.8, 4) is 0 Å². The second-order valence-electron chi connectivity index (χ2n) is 5.85. The fourth-order valence-electron chi connectivity index (χ4n) is 2.98. The van der Waals surface area contributed by atoms with Crippen LogP contribution in [0.2, 0.25) is 0 Å². The number of hydrogen-bond acceptors (Lipinski definition) is 5. The predicted octanol–water partition coefficient (Wildman–Crippen LogP) is 2.53. The Morgan fingerprint density at radius 2 is 1.95 bits per heavy atom. The van der Waals surface area contributed by atoms with Crippen molar-refractivity contribution in [2.45, 2.75) is 58.4 Å². The third kappa shape index (κ3) is 4.28. The predicted molar refractivity (Wildman–Crippen MR) is 79.3 cm³/mol. The van der Waals surface area contributed by atoms with Gasteiger partial charge in [0.1, 0.15) is 0 Å². The molecule has 1 heterocycles. The quantitative estimate of drug-likeness (QED) is 0.831. The summed E-state index contributed by atoms with van der Waals surface area (Å²) >= 11 is 0. The fourth-order valence-corrected chi connectivity index (χ4v) is 2.98. The number of nitrogens with two attached hydrogens (primary N) is 1. The van der Waals surface area contributed by atoms with Gasteiger partial charge in [-0.1, -0.05) is 38.3 Å². The normalized spacial score (nSPS) is 18.6. The van der Waals surface area contributed by atoms with Crippen LogP contribution in [0.1, 0.15) is 63.7 Å². The number of hydrogen-bond donors (Lipinski definition) is 1. The highest BCUT2D eigenvalue weighted by Crippen LogP contribution is 2.26. The van der Waals surface area contributed by atoms with Gasteiger partial charge in [-0.05, 0) is 31.8 Å². The van der Waals surface area contributed by atoms with E-state index in [2.05, 4.69) is 28.9 Å². The second-order valence-corrected chi connectivity index (χ2v) is 5.85. The molecule has 1 unspecified atom stereocenters. The number of nitrogens with zero attached hydrogens (tertiary/aromatic N) is 3. The molecule has 1 atom stereocenters. The summed E-state index contributed by atoms with van der Waals surface area (Å²) < 4.78 is 5.38. The maximum Gasteiger partial charge on any atom is 0.226 e. The van der Waals surface area contributed by atoms with E-state index in [-0.39, 0.29) is 6.04 Å². The van der Waals surface area contributed by atoms with Crippen molar-refractivity contribution in [1.29, 1.82) is 0 Å². The smallest absolute Gasteiger partial charge is 0.226 e. The molecule has 0 aliphatic heterocycles. The van der Waals surface area contributed by atoms with Gasteiger partial charge in [0, 0.05) is 13.0 Å². The van der Waals surface area contributed by atoms with E-state index in [1.165, 1.54) is 32.1 Å². The zero-order valence-electron chi connectivity index (χ0n) is 12.8. The van der Waals surface area contributed by atoms with Crippen LogP contribution < -0.4 is 5.73 Å². The van der Waals surface area contributed by atoms with Gasteiger partial charge in [-0.2, -0.15) is 4.98 Å². The summed E-state index contributed by atoms with van der Waals surface area (Å²) in [6, 6.07) is -0.154. The zero-order valence-corrected chi connectivity index (χ0v) is 12.8. The molecule has 0 amide bonds. The Labute approximate surface area is 121 Å². The van der Waals surface area contributed by atoms with Gasteiger partial charge < -0.3 is 15.2 Å². The summed E-state index contributed by atoms with van der Waals surface area (Å²) in [7, 11) is 0. The summed E-state index contributed by atoms with van der Waals surface area (Å²) in [6.07, 6.45) is 7.57. The van der Waals surface area contributed by atoms with Crippen molar-refractivity contribution in [2.24, 2.45) is 11.7 Å². The van der Waals surface area contributed by atoms with Gasteiger partial charge >= 0.3 is 0 Å². The molecule has 5 nitrogen and oxygen atoms in total. The van der Waals surface area contributed by atoms with Crippen molar-refractivity contribution in [1.82, 2.24) is 15.0 Å². The summed E-state index contributed by atoms with van der Waals surface area (Å²) in [4.78, 5) is 6.78. The van der Waals surface area contributed by atoms with Gasteiger partial charge in [-0.3, -0.25) is 0 Å². The molecule has 0 radical (unpaired) electrons. The van der Waals surface area contributed by atoms with E-state index in [4.69, 9.17) is 10.3 Å². The van der Waals surface area contributed by atoms with E-state index >= 15 is 0 Å². The third-order valence-corrected chi connectivity index (χ3v) is 4.35. The number of rotatable bonds is 7. The molecular weight excluding hydrogens is 252 g/mol. The maximum absolute atomic E-state index is 6.17. The monoisotopic (exact) mass is 280 g/mol. The van der Waals surface area contributed by atoms with Crippen LogP contribution in [0.25, 0.3) is 0 Å². The summed E-state index contributed by atoms with van der Waals surface area (Å²) in [6.45, 7) is 7.06. The molecule has 1 aromatic heterocycles. The first-order chi connectivity index (χ1) is 9.72. The van der Waals surface area contributed by atoms with Crippen LogP contribution in [0, 0.1) is 5.92 Å². The van der Waals surface area contributed by atoms with Crippen LogP contribution in [0.5, 0.6) is 0 Å². The summed E-state index contributed by atoms with van der Waals surface area (Å²) in [5.41, 5.74) is 6.17. The molecule has 1 aromatic rings. The molecule has 0 saturated heterocycles. The zero-order chi connectivity index (χ0) is 14.4. The summed E-state index contributed by atoms with van der Waals surface area (Å²) in [5, 5.41) is 4.07. The Kier molecular flexibility index (Phi) is 5.98. The lowest BCUT2D eigenvalue weighted by atomic mass is 9.87. The topological polar surface area (TPSA) is 68.2 Å². The molecule has 5 heteroatoms. The lowest BCUT2D eigenvalue weighted by Gasteiger charge is -2.20. The van der Waals surface area contributed by atoms with Crippen LogP contribution >= 0.6 is 0 Å². The van der Waals surface area contributed by atoms with E-state index < -0.39 is 0 Å². The fraction of sp³-hybridized carbons (Fsp3) is 0.867. The van der Waals surface area contributed by atoms with Crippen LogP contribution in [0.15, 0.2) is 4.52 Å². The van der Waals surface area contributed by atoms with Gasteiger partial charge in [-0.15, -0.1) is 0 Å². The lowest BCUT2D eigenvalue weighted by molar-refractivity contribution is 0.275. The molecule has 1 aliphatic carbocycles. The van der Waals surface area contributed by atoms with Gasteiger partial charge in [0.15, 0.2) is 5.82 Å². The second kappa shape index (κ2) is 7.74. The molecule has 1 aliphatic rings. The standard InChI is InChI=1S/C15H28N4O/c1-3-19(4-2)11-13(16)15-17-14(20-18-15)10-12-8-6-5-7-9-12/h12-13H,3-11,16H2,1-2H3. The van der Waals surface area contributed by atoms with E-state index in [9.17, 15) is 0 Å². The molecule has 2 N–H and O–H groups in total. The number of likely N-dealkylation sites (N-methyl/N-ethyl adjacent to an activating group) is 1. The van der Waals surface area contributed by atoms with Gasteiger partial charge in [0.2, 0.25) is 5.89 Å². The summed E-state index contributed by atoms with van der Waals surface area (Å²) in [5.74, 6) is 2.14. The molecule has 0 aromatic carbocycles. The van der Waals surface area contributed by atoms with Gasteiger partial charge in [0.05, 0.1) is 6.04 Å². The highest BCUT2D eigenvalue weighted by molar-refractivity contribution is 4.95. The molecule has 20 heavy (non-hydrogen) atoms. The molecule has 0 bridgehead atoms. The SMILES string of the molecule is CCN(CC)CC(N)c1noc(CC2CCCCC2)n1. The van der Waals surface area contributed by atoms with Crippen molar-refractivity contribution in [3.05, 3.63) is 11.7 Å². The van der Waals surface area contributed by atoms with Crippen molar-refractivity contribution < 1.29 is 4.52 Å². The minimum atomic E-state index is -0.154. The highest BCUT2D eigenvalue weighted by atomic mass is 16.5. The van der Waals surface area contributed by atoms with Crippen molar-refractivity contribution in [3.63, 3.8) is 0 Å². The Balaban J connectivity index is 1.87. The molecular formula is C15H28N4O. The third-order valence-electron chi connectivity index (χ3n) is 4.35. The Morgan fingerprint density at radius 1 is 1.25 bits per heavy atom. The number of aromatic nitrogens is 2. The average molecular weight is 280 g/mol. The van der Waals surface area contributed by atoms with E-state index in [0.717, 1.165) is 37.9 Å². The minimum Gasteiger partial charge on any atom is -0.339 e. The van der Waals surface area contributed by atoms with E-state index in [1.54, 1.807) is 0 Å². The highest BCUT2D eigenvalue weighted by Gasteiger charge is 2.20. The molecule has 0 spiro atoms. The van der Waals surface area contributed by atoms with Crippen LogP contribution in [-0.4, -0.2) is 34.7 Å². The van der Waals surface area contributed by atoms with E-state index in [0.29, 0.717) is 5.82 Å². The largest absolute Gasteiger partial charge is 0.339 e. The molecule has 2 rings (SSSR count). The first-order valence-electron chi connectivity index (χ1n) is 8.03. The Morgan fingerprint density at radius 3 is 2.60 bits per heavy atom. The first-order valence-corrected chi connectivity index (χ1v) is 8.03. The van der Waals surface area contributed by atoms with Crippen molar-refractivity contribution in [2.75, 3.05) is 19.6 Å². The molecule has 1 fully saturated rings. The Bertz CT molecular complexity index is 383. The van der Waals surface area contributed by atoms with Crippen molar-refractivity contribution >= 4 is 0 Å². The Hall–Kier alpha value is -0.940. The lowest BCUT2D eigenvalue weighted by Crippen LogP contribution is -2.32. The van der Waals surface area contributed by atoms with Crippen LogP contribution in [0.4, 0.5) is 0 Å². The van der Waals surface area contributed by atoms with Crippen LogP contribution in [0.3, 0.4) is 0 Å². The van der Waals surface area contributed by atoms with Gasteiger partial charge in [-0.25, -0.2) is 0 Å².